The summed E-state index contributed by atoms with van der Waals surface area (Å²) in [4.78, 5) is 10.4. The summed E-state index contributed by atoms with van der Waals surface area (Å²) in [6, 6.07) is 0. The van der Waals surface area contributed by atoms with E-state index in [0.29, 0.717) is 5.56 Å². The number of ketones is 1. The lowest BCUT2D eigenvalue weighted by Gasteiger charge is -1.75. The number of carbonyl (C=O) groups is 1. The van der Waals surface area contributed by atoms with E-state index >= 15 is 0 Å². The normalized spacial score (nSPS) is 9.12. The van der Waals surface area contributed by atoms with Gasteiger partial charge in [-0.15, -0.1) is 0 Å². The highest BCUT2D eigenvalue weighted by atomic mass is 16.5. The van der Waals surface area contributed by atoms with Crippen LogP contribution in [0.5, 0.6) is 0 Å². The van der Waals surface area contributed by atoms with Gasteiger partial charge in [0.25, 0.3) is 0 Å². The third kappa shape index (κ3) is 0.753. The molecule has 1 radical (unpaired) electrons. The van der Waals surface area contributed by atoms with Gasteiger partial charge in [0.05, 0.1) is 5.56 Å². The summed E-state index contributed by atoms with van der Waals surface area (Å²) in [6.45, 7) is 1.43. The van der Waals surface area contributed by atoms with E-state index in [1.807, 2.05) is 0 Å². The second-order valence-electron chi connectivity index (χ2n) is 1.40. The standard InChI is InChI=1S/C5H4NO2/c1-4(7)5-2-6-8-3-5/h3H,1H3. The molecule has 1 aromatic heterocycles. The maximum absolute atomic E-state index is 10.4. The van der Waals surface area contributed by atoms with Gasteiger partial charge in [-0.05, 0) is 6.92 Å². The molecule has 0 atom stereocenters. The Labute approximate surface area is 46.3 Å². The molecule has 1 heterocycles. The van der Waals surface area contributed by atoms with Crippen LogP contribution in [0, 0.1) is 6.20 Å². The Bertz CT molecular complexity index is 178. The molecule has 0 fully saturated rings. The maximum atomic E-state index is 10.4. The van der Waals surface area contributed by atoms with Crippen molar-refractivity contribution >= 4 is 5.78 Å². The number of Topliss-reactive ketones (excluding diaryl/α,β-unsaturated/α-hetero) is 1. The smallest absolute Gasteiger partial charge is 0.165 e. The van der Waals surface area contributed by atoms with Crippen molar-refractivity contribution in [2.75, 3.05) is 0 Å². The van der Waals surface area contributed by atoms with Gasteiger partial charge < -0.3 is 4.52 Å². The van der Waals surface area contributed by atoms with E-state index in [0.717, 1.165) is 0 Å². The molecular weight excluding hydrogens is 106 g/mol. The summed E-state index contributed by atoms with van der Waals surface area (Å²) in [5, 5.41) is 3.22. The highest BCUT2D eigenvalue weighted by Crippen LogP contribution is 1.94. The average Bonchev–Trinajstić information content (AvgIpc) is 2.12. The molecule has 41 valence electrons. The molecule has 1 rings (SSSR count). The van der Waals surface area contributed by atoms with Crippen LogP contribution in [0.15, 0.2) is 10.8 Å². The van der Waals surface area contributed by atoms with Crippen LogP contribution in [0.4, 0.5) is 0 Å². The van der Waals surface area contributed by atoms with Gasteiger partial charge in [-0.25, -0.2) is 0 Å². The van der Waals surface area contributed by atoms with Crippen molar-refractivity contribution in [3.8, 4) is 0 Å². The quantitative estimate of drug-likeness (QED) is 0.499. The lowest BCUT2D eigenvalue weighted by Crippen LogP contribution is -1.86. The first-order valence-corrected chi connectivity index (χ1v) is 2.13. The van der Waals surface area contributed by atoms with Crippen molar-refractivity contribution in [1.29, 1.82) is 0 Å². The van der Waals surface area contributed by atoms with Gasteiger partial charge in [0.15, 0.2) is 5.78 Å². The van der Waals surface area contributed by atoms with E-state index in [4.69, 9.17) is 0 Å². The zero-order valence-electron chi connectivity index (χ0n) is 4.34. The van der Waals surface area contributed by atoms with Crippen LogP contribution in [0.1, 0.15) is 17.3 Å². The summed E-state index contributed by atoms with van der Waals surface area (Å²) in [5.74, 6) is -0.0775. The molecule has 3 nitrogen and oxygen atoms in total. The lowest BCUT2D eigenvalue weighted by molar-refractivity contribution is 0.101. The summed E-state index contributed by atoms with van der Waals surface area (Å²) in [5.41, 5.74) is 0.394. The Morgan fingerprint density at radius 2 is 2.75 bits per heavy atom. The van der Waals surface area contributed by atoms with Crippen molar-refractivity contribution in [2.45, 2.75) is 6.92 Å². The first-order chi connectivity index (χ1) is 3.80. The monoisotopic (exact) mass is 110 g/mol. The van der Waals surface area contributed by atoms with Crippen LogP contribution in [0.2, 0.25) is 0 Å². The summed E-state index contributed by atoms with van der Waals surface area (Å²) in [6.07, 6.45) is 3.64. The topological polar surface area (TPSA) is 43.1 Å². The zero-order chi connectivity index (χ0) is 5.98. The van der Waals surface area contributed by atoms with Crippen molar-refractivity contribution in [2.24, 2.45) is 0 Å². The molecule has 0 spiro atoms. The number of hydrogen-bond acceptors (Lipinski definition) is 3. The molecule has 3 heteroatoms. The fourth-order valence-corrected chi connectivity index (χ4v) is 0.343. The van der Waals surface area contributed by atoms with E-state index in [9.17, 15) is 4.79 Å². The fourth-order valence-electron chi connectivity index (χ4n) is 0.343. The molecule has 0 bridgehead atoms. The molecule has 0 N–H and O–H groups in total. The van der Waals surface area contributed by atoms with Gasteiger partial charge in [0, 0.05) is 0 Å². The third-order valence-electron chi connectivity index (χ3n) is 0.769. The number of aromatic nitrogens is 1. The Morgan fingerprint density at radius 1 is 2.00 bits per heavy atom. The van der Waals surface area contributed by atoms with Crippen LogP contribution in [-0.2, 0) is 0 Å². The van der Waals surface area contributed by atoms with Gasteiger partial charge in [0.2, 0.25) is 0 Å². The van der Waals surface area contributed by atoms with Crippen LogP contribution < -0.4 is 0 Å². The highest BCUT2D eigenvalue weighted by Gasteiger charge is 1.99. The predicted molar refractivity (Wildman–Crippen MR) is 25.3 cm³/mol. The molecule has 8 heavy (non-hydrogen) atoms. The Kier molecular flexibility index (Phi) is 1.12. The SMILES string of the molecule is CC(=O)c1[c]noc1. The predicted octanol–water partition coefficient (Wildman–Crippen LogP) is 0.677. The van der Waals surface area contributed by atoms with Crippen LogP contribution in [0.3, 0.4) is 0 Å². The van der Waals surface area contributed by atoms with Crippen molar-refractivity contribution in [3.63, 3.8) is 0 Å². The zero-order valence-corrected chi connectivity index (χ0v) is 4.34. The summed E-state index contributed by atoms with van der Waals surface area (Å²) in [7, 11) is 0. The van der Waals surface area contributed by atoms with E-state index < -0.39 is 0 Å². The molecule has 0 amide bonds. The van der Waals surface area contributed by atoms with Gasteiger partial charge in [-0.1, -0.05) is 5.16 Å². The molecular formula is C5H4NO2. The van der Waals surface area contributed by atoms with E-state index in [-0.39, 0.29) is 5.78 Å². The highest BCUT2D eigenvalue weighted by molar-refractivity contribution is 5.92. The molecule has 0 aromatic carbocycles. The van der Waals surface area contributed by atoms with Gasteiger partial charge in [-0.3, -0.25) is 4.79 Å². The Hall–Kier alpha value is -1.12. The largest absolute Gasteiger partial charge is 0.363 e. The number of nitrogens with zero attached hydrogens (tertiary/aromatic N) is 1. The molecule has 0 aliphatic carbocycles. The molecule has 0 saturated heterocycles. The third-order valence-corrected chi connectivity index (χ3v) is 0.769. The minimum atomic E-state index is -0.0775. The van der Waals surface area contributed by atoms with E-state index in [2.05, 4.69) is 15.9 Å². The minimum Gasteiger partial charge on any atom is -0.363 e. The second kappa shape index (κ2) is 1.78. The number of hydrogen-bond donors (Lipinski definition) is 0. The molecule has 1 aromatic rings. The molecule has 0 aliphatic rings. The van der Waals surface area contributed by atoms with Crippen molar-refractivity contribution < 1.29 is 9.32 Å². The van der Waals surface area contributed by atoms with Gasteiger partial charge >= 0.3 is 0 Å². The first-order valence-electron chi connectivity index (χ1n) is 2.13. The molecule has 0 saturated carbocycles. The lowest BCUT2D eigenvalue weighted by atomic mass is 10.3. The fraction of sp³-hybridized carbons (Fsp3) is 0.200. The summed E-state index contributed by atoms with van der Waals surface area (Å²) >= 11 is 0. The van der Waals surface area contributed by atoms with Gasteiger partial charge in [-0.2, -0.15) is 0 Å². The van der Waals surface area contributed by atoms with E-state index in [1.165, 1.54) is 13.2 Å². The van der Waals surface area contributed by atoms with Crippen LogP contribution >= 0.6 is 0 Å². The average molecular weight is 110 g/mol. The first kappa shape index (κ1) is 5.03. The molecule has 0 unspecified atom stereocenters. The van der Waals surface area contributed by atoms with Crippen molar-refractivity contribution in [1.82, 2.24) is 5.16 Å². The van der Waals surface area contributed by atoms with Crippen LogP contribution in [0.25, 0.3) is 0 Å². The minimum absolute atomic E-state index is 0.0775. The second-order valence-corrected chi connectivity index (χ2v) is 1.40. The maximum Gasteiger partial charge on any atom is 0.165 e. The number of rotatable bonds is 1. The Morgan fingerprint density at radius 3 is 3.00 bits per heavy atom. The Balaban J connectivity index is 2.93. The summed E-state index contributed by atoms with van der Waals surface area (Å²) < 4.78 is 4.35. The van der Waals surface area contributed by atoms with Crippen molar-refractivity contribution in [3.05, 3.63) is 18.0 Å². The van der Waals surface area contributed by atoms with Crippen LogP contribution in [-0.4, -0.2) is 10.9 Å². The van der Waals surface area contributed by atoms with Gasteiger partial charge in [0.1, 0.15) is 12.5 Å². The number of carbonyl (C=O) groups excluding carboxylic acids is 1. The van der Waals surface area contributed by atoms with E-state index in [1.54, 1.807) is 0 Å². The molecule has 0 aliphatic heterocycles.